The number of carbonyl (C=O) groups excluding carboxylic acids is 1. The zero-order valence-corrected chi connectivity index (χ0v) is 7.40. The van der Waals surface area contributed by atoms with E-state index in [1.165, 1.54) is 0 Å². The molecule has 70 valence electrons. The van der Waals surface area contributed by atoms with Crippen LogP contribution in [0.2, 0.25) is 0 Å². The molecule has 2 N–H and O–H groups in total. The Morgan fingerprint density at radius 3 is 2.57 bits per heavy atom. The van der Waals surface area contributed by atoms with E-state index in [0.717, 1.165) is 17.8 Å². The molecule has 0 aliphatic carbocycles. The van der Waals surface area contributed by atoms with Crippen LogP contribution in [0, 0.1) is 0 Å². The van der Waals surface area contributed by atoms with E-state index in [4.69, 9.17) is 0 Å². The molecule has 2 rings (SSSR count). The minimum atomic E-state index is 0.664. The van der Waals surface area contributed by atoms with E-state index in [1.54, 1.807) is 18.3 Å². The molecule has 2 aromatic rings. The van der Waals surface area contributed by atoms with Gasteiger partial charge in [0, 0.05) is 23.5 Å². The fourth-order valence-electron chi connectivity index (χ4n) is 1.12. The Labute approximate surface area is 81.0 Å². The van der Waals surface area contributed by atoms with E-state index in [9.17, 15) is 4.79 Å². The summed E-state index contributed by atoms with van der Waals surface area (Å²) in [7, 11) is 0. The average molecular weight is 187 g/mol. The van der Waals surface area contributed by atoms with Crippen molar-refractivity contribution in [3.8, 4) is 0 Å². The molecule has 1 heterocycles. The van der Waals surface area contributed by atoms with Gasteiger partial charge in [0.2, 0.25) is 0 Å². The van der Waals surface area contributed by atoms with Gasteiger partial charge in [-0.15, -0.1) is 0 Å². The van der Waals surface area contributed by atoms with Crippen LogP contribution in [0.1, 0.15) is 10.4 Å². The van der Waals surface area contributed by atoms with Gasteiger partial charge in [-0.2, -0.15) is 5.10 Å². The first kappa shape index (κ1) is 8.50. The van der Waals surface area contributed by atoms with Gasteiger partial charge in [-0.25, -0.2) is 0 Å². The maximum Gasteiger partial charge on any atom is 0.152 e. The summed E-state index contributed by atoms with van der Waals surface area (Å²) in [4.78, 5) is 10.4. The molecule has 0 spiro atoms. The molecule has 0 unspecified atom stereocenters. The van der Waals surface area contributed by atoms with E-state index in [2.05, 4.69) is 15.5 Å². The minimum Gasteiger partial charge on any atom is -0.339 e. The number of nitrogens with zero attached hydrogens (tertiary/aromatic N) is 1. The third-order valence-corrected chi connectivity index (χ3v) is 1.82. The molecular weight excluding hydrogens is 178 g/mol. The first-order chi connectivity index (χ1) is 6.88. The smallest absolute Gasteiger partial charge is 0.152 e. The molecule has 4 nitrogen and oxygen atoms in total. The van der Waals surface area contributed by atoms with Crippen molar-refractivity contribution in [3.63, 3.8) is 0 Å². The lowest BCUT2D eigenvalue weighted by molar-refractivity contribution is 0.112. The van der Waals surface area contributed by atoms with Gasteiger partial charge in [0.25, 0.3) is 0 Å². The summed E-state index contributed by atoms with van der Waals surface area (Å²) in [6.07, 6.45) is 2.56. The largest absolute Gasteiger partial charge is 0.339 e. The normalized spacial score (nSPS) is 9.71. The Kier molecular flexibility index (Phi) is 2.27. The topological polar surface area (TPSA) is 57.8 Å². The van der Waals surface area contributed by atoms with Crippen molar-refractivity contribution in [2.75, 3.05) is 5.32 Å². The second-order valence-electron chi connectivity index (χ2n) is 2.82. The van der Waals surface area contributed by atoms with E-state index in [0.29, 0.717) is 5.56 Å². The Morgan fingerprint density at radius 2 is 2.00 bits per heavy atom. The van der Waals surface area contributed by atoms with Crippen LogP contribution < -0.4 is 5.32 Å². The number of H-pyrrole nitrogens is 1. The maximum absolute atomic E-state index is 10.4. The fourth-order valence-corrected chi connectivity index (χ4v) is 1.12. The molecule has 0 fully saturated rings. The molecule has 0 aliphatic rings. The first-order valence-electron chi connectivity index (χ1n) is 4.20. The zero-order chi connectivity index (χ0) is 9.80. The van der Waals surface area contributed by atoms with Crippen molar-refractivity contribution < 1.29 is 4.79 Å². The number of benzene rings is 1. The van der Waals surface area contributed by atoms with Gasteiger partial charge in [0.1, 0.15) is 6.29 Å². The number of hydrogen-bond acceptors (Lipinski definition) is 3. The Hall–Kier alpha value is -2.10. The highest BCUT2D eigenvalue weighted by Gasteiger charge is 1.95. The number of carbonyl (C=O) groups is 1. The molecule has 0 aliphatic heterocycles. The number of nitrogens with one attached hydrogen (secondary N) is 2. The zero-order valence-electron chi connectivity index (χ0n) is 7.40. The van der Waals surface area contributed by atoms with Crippen molar-refractivity contribution in [1.82, 2.24) is 10.2 Å². The number of aromatic amines is 1. The van der Waals surface area contributed by atoms with Crippen molar-refractivity contribution in [2.24, 2.45) is 0 Å². The van der Waals surface area contributed by atoms with Crippen molar-refractivity contribution >= 4 is 17.8 Å². The SMILES string of the molecule is O=Cc1ccc(Nc2cc[nH]n2)cc1. The van der Waals surface area contributed by atoms with Gasteiger partial charge in [0.15, 0.2) is 5.82 Å². The van der Waals surface area contributed by atoms with Gasteiger partial charge in [-0.1, -0.05) is 0 Å². The lowest BCUT2D eigenvalue weighted by Crippen LogP contribution is -1.90. The van der Waals surface area contributed by atoms with Crippen LogP contribution in [0.15, 0.2) is 36.5 Å². The Balaban J connectivity index is 2.14. The molecule has 0 amide bonds. The van der Waals surface area contributed by atoms with Gasteiger partial charge in [-0.3, -0.25) is 9.89 Å². The molecule has 14 heavy (non-hydrogen) atoms. The molecule has 4 heteroatoms. The van der Waals surface area contributed by atoms with Crippen molar-refractivity contribution in [1.29, 1.82) is 0 Å². The summed E-state index contributed by atoms with van der Waals surface area (Å²) in [5, 5.41) is 9.73. The van der Waals surface area contributed by atoms with Crippen LogP contribution in [0.5, 0.6) is 0 Å². The summed E-state index contributed by atoms with van der Waals surface area (Å²) >= 11 is 0. The van der Waals surface area contributed by atoms with Gasteiger partial charge < -0.3 is 5.32 Å². The fraction of sp³-hybridized carbons (Fsp3) is 0. The highest BCUT2D eigenvalue weighted by Crippen LogP contribution is 2.13. The Morgan fingerprint density at radius 1 is 1.21 bits per heavy atom. The lowest BCUT2D eigenvalue weighted by Gasteiger charge is -2.01. The molecule has 0 saturated carbocycles. The van der Waals surface area contributed by atoms with E-state index < -0.39 is 0 Å². The predicted octanol–water partition coefficient (Wildman–Crippen LogP) is 1.97. The quantitative estimate of drug-likeness (QED) is 0.722. The minimum absolute atomic E-state index is 0.664. The predicted molar refractivity (Wildman–Crippen MR) is 53.7 cm³/mol. The average Bonchev–Trinajstić information content (AvgIpc) is 2.72. The summed E-state index contributed by atoms with van der Waals surface area (Å²) in [5.41, 5.74) is 1.57. The number of aldehydes is 1. The molecule has 0 bridgehead atoms. The lowest BCUT2D eigenvalue weighted by atomic mass is 10.2. The Bertz CT molecular complexity index is 405. The molecular formula is C10H9N3O. The van der Waals surface area contributed by atoms with Crippen LogP contribution in [-0.2, 0) is 0 Å². The number of rotatable bonds is 3. The van der Waals surface area contributed by atoms with E-state index >= 15 is 0 Å². The third-order valence-electron chi connectivity index (χ3n) is 1.82. The molecule has 0 atom stereocenters. The van der Waals surface area contributed by atoms with Crippen LogP contribution in [-0.4, -0.2) is 16.5 Å². The summed E-state index contributed by atoms with van der Waals surface area (Å²) in [6, 6.07) is 8.99. The number of aromatic nitrogens is 2. The summed E-state index contributed by atoms with van der Waals surface area (Å²) in [5.74, 6) is 0.754. The standard InChI is InChI=1S/C10H9N3O/c14-7-8-1-3-9(4-2-8)12-10-5-6-11-13-10/h1-7H,(H2,11,12,13). The number of anilines is 2. The summed E-state index contributed by atoms with van der Waals surface area (Å²) in [6.45, 7) is 0. The summed E-state index contributed by atoms with van der Waals surface area (Å²) < 4.78 is 0. The van der Waals surface area contributed by atoms with Crippen molar-refractivity contribution in [2.45, 2.75) is 0 Å². The van der Waals surface area contributed by atoms with Crippen LogP contribution in [0.3, 0.4) is 0 Å². The second kappa shape index (κ2) is 3.74. The molecule has 1 aromatic carbocycles. The molecule has 0 saturated heterocycles. The maximum atomic E-state index is 10.4. The van der Waals surface area contributed by atoms with Gasteiger partial charge in [-0.05, 0) is 24.3 Å². The van der Waals surface area contributed by atoms with Crippen LogP contribution in [0.25, 0.3) is 0 Å². The second-order valence-corrected chi connectivity index (χ2v) is 2.82. The van der Waals surface area contributed by atoms with Crippen molar-refractivity contribution in [3.05, 3.63) is 42.1 Å². The highest BCUT2D eigenvalue weighted by atomic mass is 16.1. The van der Waals surface area contributed by atoms with Crippen LogP contribution >= 0.6 is 0 Å². The third kappa shape index (κ3) is 1.80. The molecule has 0 radical (unpaired) electrons. The van der Waals surface area contributed by atoms with Gasteiger partial charge >= 0.3 is 0 Å². The highest BCUT2D eigenvalue weighted by molar-refractivity contribution is 5.76. The van der Waals surface area contributed by atoms with E-state index in [-0.39, 0.29) is 0 Å². The first-order valence-corrected chi connectivity index (χ1v) is 4.20. The van der Waals surface area contributed by atoms with Gasteiger partial charge in [0.05, 0.1) is 0 Å². The monoisotopic (exact) mass is 187 g/mol. The van der Waals surface area contributed by atoms with E-state index in [1.807, 2.05) is 18.2 Å². The molecule has 1 aromatic heterocycles. The number of hydrogen-bond donors (Lipinski definition) is 2. The van der Waals surface area contributed by atoms with Crippen LogP contribution in [0.4, 0.5) is 11.5 Å².